The van der Waals surface area contributed by atoms with Gasteiger partial charge < -0.3 is 4.90 Å². The minimum absolute atomic E-state index is 0.103. The molecule has 1 fully saturated rings. The van der Waals surface area contributed by atoms with E-state index in [1.165, 1.54) is 12.1 Å². The van der Waals surface area contributed by atoms with Crippen LogP contribution in [0.4, 0.5) is 4.39 Å². The Morgan fingerprint density at radius 2 is 2.14 bits per heavy atom. The van der Waals surface area contributed by atoms with Crippen molar-refractivity contribution in [2.45, 2.75) is 25.4 Å². The summed E-state index contributed by atoms with van der Waals surface area (Å²) in [6.07, 6.45) is 3.61. The highest BCUT2D eigenvalue weighted by Crippen LogP contribution is 2.29. The van der Waals surface area contributed by atoms with Gasteiger partial charge in [-0.25, -0.2) is 9.37 Å². The number of amides is 1. The van der Waals surface area contributed by atoms with Crippen molar-refractivity contribution in [3.8, 4) is 0 Å². The number of nitrogens with zero attached hydrogens (tertiary/aromatic N) is 2. The fourth-order valence-electron chi connectivity index (χ4n) is 2.23. The average molecular weight is 349 g/mol. The molecule has 3 nitrogen and oxygen atoms in total. The lowest BCUT2D eigenvalue weighted by molar-refractivity contribution is 0.0723. The number of hydrogen-bond acceptors (Lipinski definition) is 2. The number of aromatic nitrogens is 1. The third kappa shape index (κ3) is 3.47. The highest BCUT2D eigenvalue weighted by molar-refractivity contribution is 9.10. The van der Waals surface area contributed by atoms with Gasteiger partial charge in [-0.15, -0.1) is 0 Å². The topological polar surface area (TPSA) is 33.2 Å². The minimum atomic E-state index is -0.280. The van der Waals surface area contributed by atoms with Crippen molar-refractivity contribution in [3.05, 3.63) is 64.1 Å². The molecule has 0 radical (unpaired) electrons. The lowest BCUT2D eigenvalue weighted by atomic mass is 10.2. The Morgan fingerprint density at radius 1 is 1.33 bits per heavy atom. The maximum atomic E-state index is 13.3. The Hall–Kier alpha value is -1.75. The van der Waals surface area contributed by atoms with E-state index in [1.807, 2.05) is 6.07 Å². The number of pyridine rings is 1. The molecule has 0 unspecified atom stereocenters. The number of halogens is 2. The molecule has 1 saturated carbocycles. The van der Waals surface area contributed by atoms with Crippen molar-refractivity contribution in [3.63, 3.8) is 0 Å². The van der Waals surface area contributed by atoms with Gasteiger partial charge >= 0.3 is 0 Å². The molecular weight excluding hydrogens is 335 g/mol. The van der Waals surface area contributed by atoms with Crippen LogP contribution in [0.1, 0.15) is 28.9 Å². The van der Waals surface area contributed by atoms with Crippen LogP contribution >= 0.6 is 15.9 Å². The van der Waals surface area contributed by atoms with Gasteiger partial charge in [-0.2, -0.15) is 0 Å². The molecule has 21 heavy (non-hydrogen) atoms. The molecule has 1 aliphatic carbocycles. The van der Waals surface area contributed by atoms with Crippen molar-refractivity contribution in [2.24, 2.45) is 0 Å². The Bertz CT molecular complexity index is 656. The van der Waals surface area contributed by atoms with Gasteiger partial charge in [0.15, 0.2) is 0 Å². The molecule has 0 atom stereocenters. The van der Waals surface area contributed by atoms with Crippen LogP contribution in [0.2, 0.25) is 0 Å². The van der Waals surface area contributed by atoms with Gasteiger partial charge in [-0.1, -0.05) is 12.1 Å². The van der Waals surface area contributed by atoms with Crippen LogP contribution in [0, 0.1) is 5.82 Å². The SMILES string of the molecule is O=C(c1ccc(Br)cn1)N(Cc1cccc(F)c1)C1CC1. The zero-order valence-electron chi connectivity index (χ0n) is 11.3. The van der Waals surface area contributed by atoms with Gasteiger partial charge in [-0.05, 0) is 58.6 Å². The first-order valence-corrected chi connectivity index (χ1v) is 7.60. The molecule has 1 amide bonds. The van der Waals surface area contributed by atoms with Crippen LogP contribution in [0.25, 0.3) is 0 Å². The van der Waals surface area contributed by atoms with E-state index in [2.05, 4.69) is 20.9 Å². The summed E-state index contributed by atoms with van der Waals surface area (Å²) in [4.78, 5) is 18.5. The number of benzene rings is 1. The fraction of sp³-hybridized carbons (Fsp3) is 0.250. The maximum Gasteiger partial charge on any atom is 0.272 e. The lowest BCUT2D eigenvalue weighted by Crippen LogP contribution is -2.33. The van der Waals surface area contributed by atoms with Crippen molar-refractivity contribution in [2.75, 3.05) is 0 Å². The third-order valence-corrected chi connectivity index (χ3v) is 3.91. The standard InChI is InChI=1S/C16H14BrFN2O/c17-12-4-7-15(19-9-12)16(21)20(14-5-6-14)10-11-2-1-3-13(18)8-11/h1-4,7-9,14H,5-6,10H2. The Kier molecular flexibility index (Phi) is 4.01. The normalized spacial score (nSPS) is 14.0. The minimum Gasteiger partial charge on any atom is -0.330 e. The first kappa shape index (κ1) is 14.2. The molecule has 2 aromatic rings. The van der Waals surface area contributed by atoms with Gasteiger partial charge in [0.1, 0.15) is 11.5 Å². The maximum absolute atomic E-state index is 13.3. The van der Waals surface area contributed by atoms with Crippen LogP contribution < -0.4 is 0 Å². The highest BCUT2D eigenvalue weighted by atomic mass is 79.9. The third-order valence-electron chi connectivity index (χ3n) is 3.44. The van der Waals surface area contributed by atoms with Crippen molar-refractivity contribution in [1.82, 2.24) is 9.88 Å². The highest BCUT2D eigenvalue weighted by Gasteiger charge is 2.33. The predicted molar refractivity (Wildman–Crippen MR) is 81.2 cm³/mol. The second-order valence-electron chi connectivity index (χ2n) is 5.16. The fourth-order valence-corrected chi connectivity index (χ4v) is 2.47. The summed E-state index contributed by atoms with van der Waals surface area (Å²) < 4.78 is 14.1. The quantitative estimate of drug-likeness (QED) is 0.842. The second kappa shape index (κ2) is 5.93. The first-order valence-electron chi connectivity index (χ1n) is 6.80. The predicted octanol–water partition coefficient (Wildman–Crippen LogP) is 3.79. The van der Waals surface area contributed by atoms with E-state index >= 15 is 0 Å². The molecule has 1 aliphatic rings. The molecule has 1 aromatic heterocycles. The second-order valence-corrected chi connectivity index (χ2v) is 6.07. The van der Waals surface area contributed by atoms with Crippen LogP contribution in [-0.2, 0) is 6.54 Å². The van der Waals surface area contributed by atoms with Gasteiger partial charge in [0.05, 0.1) is 0 Å². The summed E-state index contributed by atoms with van der Waals surface area (Å²) in [6, 6.07) is 10.1. The summed E-state index contributed by atoms with van der Waals surface area (Å²) in [5.74, 6) is -0.383. The van der Waals surface area contributed by atoms with E-state index in [9.17, 15) is 9.18 Å². The molecule has 0 aliphatic heterocycles. The van der Waals surface area contributed by atoms with E-state index in [4.69, 9.17) is 0 Å². The number of hydrogen-bond donors (Lipinski definition) is 0. The zero-order chi connectivity index (χ0) is 14.8. The molecule has 0 saturated heterocycles. The van der Waals surface area contributed by atoms with Gasteiger partial charge in [-0.3, -0.25) is 4.79 Å². The number of carbonyl (C=O) groups is 1. The van der Waals surface area contributed by atoms with Gasteiger partial charge in [0.25, 0.3) is 5.91 Å². The molecular formula is C16H14BrFN2O. The van der Waals surface area contributed by atoms with Crippen LogP contribution in [0.15, 0.2) is 47.1 Å². The molecule has 1 aromatic carbocycles. The van der Waals surface area contributed by atoms with Gasteiger partial charge in [0.2, 0.25) is 0 Å². The number of rotatable bonds is 4. The molecule has 0 bridgehead atoms. The van der Waals surface area contributed by atoms with E-state index in [1.54, 1.807) is 29.3 Å². The van der Waals surface area contributed by atoms with E-state index in [0.29, 0.717) is 12.2 Å². The van der Waals surface area contributed by atoms with Crippen molar-refractivity contribution in [1.29, 1.82) is 0 Å². The molecule has 108 valence electrons. The summed E-state index contributed by atoms with van der Waals surface area (Å²) >= 11 is 3.31. The van der Waals surface area contributed by atoms with E-state index in [-0.39, 0.29) is 17.8 Å². The van der Waals surface area contributed by atoms with Crippen LogP contribution in [0.5, 0.6) is 0 Å². The summed E-state index contributed by atoms with van der Waals surface area (Å²) in [5, 5.41) is 0. The molecule has 0 N–H and O–H groups in total. The van der Waals surface area contributed by atoms with Crippen molar-refractivity contribution < 1.29 is 9.18 Å². The van der Waals surface area contributed by atoms with Crippen LogP contribution in [-0.4, -0.2) is 21.8 Å². The van der Waals surface area contributed by atoms with Gasteiger partial charge in [0, 0.05) is 23.3 Å². The van der Waals surface area contributed by atoms with Crippen LogP contribution in [0.3, 0.4) is 0 Å². The molecule has 1 heterocycles. The number of carbonyl (C=O) groups excluding carboxylic acids is 1. The van der Waals surface area contributed by atoms with E-state index in [0.717, 1.165) is 22.9 Å². The van der Waals surface area contributed by atoms with Crippen molar-refractivity contribution >= 4 is 21.8 Å². The first-order chi connectivity index (χ1) is 10.1. The lowest BCUT2D eigenvalue weighted by Gasteiger charge is -2.22. The Balaban J connectivity index is 1.81. The summed E-state index contributed by atoms with van der Waals surface area (Å²) in [5.41, 5.74) is 1.22. The average Bonchev–Trinajstić information content (AvgIpc) is 3.29. The molecule has 0 spiro atoms. The van der Waals surface area contributed by atoms with E-state index < -0.39 is 0 Å². The molecule has 3 rings (SSSR count). The Labute approximate surface area is 130 Å². The largest absolute Gasteiger partial charge is 0.330 e. The Morgan fingerprint density at radius 3 is 2.76 bits per heavy atom. The zero-order valence-corrected chi connectivity index (χ0v) is 12.9. The molecule has 5 heteroatoms. The smallest absolute Gasteiger partial charge is 0.272 e. The summed E-state index contributed by atoms with van der Waals surface area (Å²) in [7, 11) is 0. The summed E-state index contributed by atoms with van der Waals surface area (Å²) in [6.45, 7) is 0.416. The monoisotopic (exact) mass is 348 g/mol.